The Balaban J connectivity index is 2.12. The number of nitrogens with zero attached hydrogens (tertiary/aromatic N) is 3. The quantitative estimate of drug-likeness (QED) is 0.752. The van der Waals surface area contributed by atoms with Crippen LogP contribution in [0.15, 0.2) is 30.5 Å². The summed E-state index contributed by atoms with van der Waals surface area (Å²) in [5.41, 5.74) is 6.16. The van der Waals surface area contributed by atoms with Crippen LogP contribution in [0.2, 0.25) is 0 Å². The van der Waals surface area contributed by atoms with E-state index >= 15 is 0 Å². The summed E-state index contributed by atoms with van der Waals surface area (Å²) in [4.78, 5) is 16.6. The van der Waals surface area contributed by atoms with E-state index in [2.05, 4.69) is 10.1 Å². The molecular formula is C18H19FN4O3. The van der Waals surface area contributed by atoms with Crippen LogP contribution in [0.3, 0.4) is 0 Å². The summed E-state index contributed by atoms with van der Waals surface area (Å²) in [7, 11) is 1.45. The third-order valence-corrected chi connectivity index (χ3v) is 3.61. The fraction of sp³-hybridized carbons (Fsp3) is 0.278. The van der Waals surface area contributed by atoms with Crippen LogP contribution in [0, 0.1) is 5.82 Å². The van der Waals surface area contributed by atoms with Crippen molar-refractivity contribution in [2.45, 2.75) is 26.4 Å². The molecule has 0 saturated carbocycles. The lowest BCUT2D eigenvalue weighted by atomic mass is 10.1. The van der Waals surface area contributed by atoms with Crippen molar-refractivity contribution in [3.05, 3.63) is 36.3 Å². The second-order valence-corrected chi connectivity index (χ2v) is 6.68. The van der Waals surface area contributed by atoms with Gasteiger partial charge in [0.25, 0.3) is 0 Å². The number of ether oxygens (including phenoxy) is 2. The predicted octanol–water partition coefficient (Wildman–Crippen LogP) is 3.61. The van der Waals surface area contributed by atoms with Crippen LogP contribution in [0.4, 0.5) is 15.0 Å². The number of carbonyl (C=O) groups is 1. The lowest BCUT2D eigenvalue weighted by Crippen LogP contribution is -2.27. The van der Waals surface area contributed by atoms with E-state index in [1.54, 1.807) is 39.0 Å². The Morgan fingerprint density at radius 2 is 2.04 bits per heavy atom. The van der Waals surface area contributed by atoms with Crippen molar-refractivity contribution in [1.29, 1.82) is 0 Å². The molecule has 2 heterocycles. The first-order valence-electron chi connectivity index (χ1n) is 7.92. The molecule has 136 valence electrons. The van der Waals surface area contributed by atoms with E-state index in [0.717, 1.165) is 4.68 Å². The highest BCUT2D eigenvalue weighted by Gasteiger charge is 2.23. The number of carbonyl (C=O) groups excluding carboxylic acids is 1. The number of nitrogen functional groups attached to an aromatic ring is 1. The first kappa shape index (κ1) is 17.7. The molecule has 0 aliphatic heterocycles. The fourth-order valence-corrected chi connectivity index (χ4v) is 2.54. The van der Waals surface area contributed by atoms with Crippen molar-refractivity contribution in [3.63, 3.8) is 0 Å². The zero-order valence-corrected chi connectivity index (χ0v) is 14.9. The van der Waals surface area contributed by atoms with Crippen molar-refractivity contribution in [1.82, 2.24) is 14.8 Å². The summed E-state index contributed by atoms with van der Waals surface area (Å²) in [5.74, 6) is -0.0194. The number of pyridine rings is 1. The number of rotatable bonds is 2. The molecule has 1 aromatic carbocycles. The largest absolute Gasteiger partial charge is 0.496 e. The van der Waals surface area contributed by atoms with Gasteiger partial charge in [-0.1, -0.05) is 6.07 Å². The van der Waals surface area contributed by atoms with Gasteiger partial charge >= 0.3 is 6.09 Å². The highest BCUT2D eigenvalue weighted by atomic mass is 19.1. The molecule has 26 heavy (non-hydrogen) atoms. The molecule has 0 fully saturated rings. The molecule has 0 unspecified atom stereocenters. The third-order valence-electron chi connectivity index (χ3n) is 3.61. The molecule has 0 spiro atoms. The van der Waals surface area contributed by atoms with Crippen LogP contribution in [0.1, 0.15) is 20.8 Å². The lowest BCUT2D eigenvalue weighted by molar-refractivity contribution is 0.0523. The Morgan fingerprint density at radius 1 is 1.31 bits per heavy atom. The Labute approximate surface area is 149 Å². The molecule has 0 amide bonds. The van der Waals surface area contributed by atoms with Gasteiger partial charge in [-0.3, -0.25) is 4.98 Å². The van der Waals surface area contributed by atoms with Gasteiger partial charge in [-0.05, 0) is 39.0 Å². The molecule has 0 bridgehead atoms. The van der Waals surface area contributed by atoms with E-state index in [1.165, 1.54) is 19.4 Å². The van der Waals surface area contributed by atoms with Crippen LogP contribution in [0.25, 0.3) is 22.2 Å². The lowest BCUT2D eigenvalue weighted by Gasteiger charge is -2.19. The minimum absolute atomic E-state index is 0.116. The normalized spacial score (nSPS) is 11.6. The number of hydrogen-bond acceptors (Lipinski definition) is 6. The van der Waals surface area contributed by atoms with Gasteiger partial charge in [0.05, 0.1) is 24.6 Å². The van der Waals surface area contributed by atoms with Crippen LogP contribution in [-0.2, 0) is 4.74 Å². The Kier molecular flexibility index (Phi) is 4.27. The first-order chi connectivity index (χ1) is 12.2. The maximum Gasteiger partial charge on any atom is 0.435 e. The van der Waals surface area contributed by atoms with E-state index < -0.39 is 17.5 Å². The van der Waals surface area contributed by atoms with Gasteiger partial charge in [0.1, 0.15) is 22.7 Å². The average molecular weight is 358 g/mol. The van der Waals surface area contributed by atoms with Crippen molar-refractivity contribution < 1.29 is 18.7 Å². The second kappa shape index (κ2) is 6.29. The van der Waals surface area contributed by atoms with Gasteiger partial charge in [-0.15, -0.1) is 5.10 Å². The standard InChI is InChI=1S/C18H19FN4O3/c1-18(2,3)26-17(24)23-13-9-21-12(8-10(13)16(20)22-23)15-11(19)6-5-7-14(15)25-4/h5-9H,1-4H3,(H2,20,22). The van der Waals surface area contributed by atoms with E-state index in [4.69, 9.17) is 15.2 Å². The summed E-state index contributed by atoms with van der Waals surface area (Å²) in [5, 5.41) is 4.49. The second-order valence-electron chi connectivity index (χ2n) is 6.68. The molecule has 2 N–H and O–H groups in total. The van der Waals surface area contributed by atoms with Gasteiger partial charge in [-0.2, -0.15) is 4.68 Å². The molecule has 3 rings (SSSR count). The molecule has 0 aliphatic carbocycles. The van der Waals surface area contributed by atoms with Crippen molar-refractivity contribution in [3.8, 4) is 17.0 Å². The highest BCUT2D eigenvalue weighted by Crippen LogP contribution is 2.33. The monoisotopic (exact) mass is 358 g/mol. The topological polar surface area (TPSA) is 92.3 Å². The van der Waals surface area contributed by atoms with Crippen molar-refractivity contribution in [2.75, 3.05) is 12.8 Å². The van der Waals surface area contributed by atoms with Crippen LogP contribution in [0.5, 0.6) is 5.75 Å². The predicted molar refractivity (Wildman–Crippen MR) is 95.5 cm³/mol. The van der Waals surface area contributed by atoms with Crippen molar-refractivity contribution >= 4 is 22.8 Å². The Morgan fingerprint density at radius 3 is 2.69 bits per heavy atom. The number of hydrogen-bond donors (Lipinski definition) is 1. The first-order valence-corrected chi connectivity index (χ1v) is 7.92. The Bertz CT molecular complexity index is 992. The number of anilines is 1. The van der Waals surface area contributed by atoms with Gasteiger partial charge < -0.3 is 15.2 Å². The molecule has 0 saturated heterocycles. The number of fused-ring (bicyclic) bond motifs is 1. The SMILES string of the molecule is COc1cccc(F)c1-c1cc2c(N)nn(C(=O)OC(C)(C)C)c2cn1. The molecule has 0 radical (unpaired) electrons. The van der Waals surface area contributed by atoms with Crippen LogP contribution >= 0.6 is 0 Å². The fourth-order valence-electron chi connectivity index (χ4n) is 2.54. The molecular weight excluding hydrogens is 339 g/mol. The highest BCUT2D eigenvalue weighted by molar-refractivity contribution is 5.96. The smallest absolute Gasteiger partial charge is 0.435 e. The summed E-state index contributed by atoms with van der Waals surface area (Å²) < 4.78 is 25.9. The third kappa shape index (κ3) is 3.17. The maximum absolute atomic E-state index is 14.3. The van der Waals surface area contributed by atoms with E-state index in [9.17, 15) is 9.18 Å². The van der Waals surface area contributed by atoms with Gasteiger partial charge in [0.15, 0.2) is 5.82 Å². The molecule has 3 aromatic rings. The van der Waals surface area contributed by atoms with E-state index in [0.29, 0.717) is 22.3 Å². The average Bonchev–Trinajstić information content (AvgIpc) is 2.89. The summed E-state index contributed by atoms with van der Waals surface area (Å²) >= 11 is 0. The Hall–Kier alpha value is -3.16. The van der Waals surface area contributed by atoms with Gasteiger partial charge in [-0.25, -0.2) is 9.18 Å². The van der Waals surface area contributed by atoms with Crippen LogP contribution < -0.4 is 10.5 Å². The number of nitrogens with two attached hydrogens (primary N) is 1. The zero-order chi connectivity index (χ0) is 19.1. The van der Waals surface area contributed by atoms with E-state index in [-0.39, 0.29) is 11.4 Å². The van der Waals surface area contributed by atoms with Gasteiger partial charge in [0, 0.05) is 5.39 Å². The number of benzene rings is 1. The minimum Gasteiger partial charge on any atom is -0.496 e. The summed E-state index contributed by atoms with van der Waals surface area (Å²) in [6, 6.07) is 6.07. The zero-order valence-electron chi connectivity index (χ0n) is 14.9. The van der Waals surface area contributed by atoms with Crippen LogP contribution in [-0.4, -0.2) is 33.6 Å². The minimum atomic E-state index is -0.683. The number of halogens is 1. The molecule has 2 aromatic heterocycles. The van der Waals surface area contributed by atoms with Gasteiger partial charge in [0.2, 0.25) is 0 Å². The van der Waals surface area contributed by atoms with E-state index in [1.807, 2.05) is 0 Å². The molecule has 7 nitrogen and oxygen atoms in total. The van der Waals surface area contributed by atoms with Crippen molar-refractivity contribution in [2.24, 2.45) is 0 Å². The summed E-state index contributed by atoms with van der Waals surface area (Å²) in [6.45, 7) is 5.25. The molecule has 0 atom stereocenters. The number of aromatic nitrogens is 3. The summed E-state index contributed by atoms with van der Waals surface area (Å²) in [6.07, 6.45) is 0.737. The molecule has 8 heteroatoms. The number of methoxy groups -OCH3 is 1. The molecule has 0 aliphatic rings. The maximum atomic E-state index is 14.3.